The van der Waals surface area contributed by atoms with Gasteiger partial charge in [0.25, 0.3) is 0 Å². The summed E-state index contributed by atoms with van der Waals surface area (Å²) in [6.45, 7) is 0.948. The Hall–Kier alpha value is -3.03. The normalized spacial score (nSPS) is 14.3. The van der Waals surface area contributed by atoms with Crippen molar-refractivity contribution in [2.24, 2.45) is 0 Å². The number of aromatic nitrogens is 1. The zero-order chi connectivity index (χ0) is 21.1. The lowest BCUT2D eigenvalue weighted by Crippen LogP contribution is -2.46. The summed E-state index contributed by atoms with van der Waals surface area (Å²) in [5, 5.41) is 17.2. The Balaban J connectivity index is 1.27. The molecule has 1 aromatic heterocycles. The monoisotopic (exact) mass is 426 g/mol. The molecule has 2 aromatic carbocycles. The Morgan fingerprint density at radius 2 is 1.97 bits per heavy atom. The first-order valence-electron chi connectivity index (χ1n) is 9.82. The summed E-state index contributed by atoms with van der Waals surface area (Å²) in [7, 11) is 0. The number of urea groups is 1. The van der Waals surface area contributed by atoms with Gasteiger partial charge in [0.2, 0.25) is 5.91 Å². The van der Waals surface area contributed by atoms with Crippen LogP contribution in [0.3, 0.4) is 0 Å². The highest BCUT2D eigenvalue weighted by molar-refractivity contribution is 6.31. The average molecular weight is 427 g/mol. The second-order valence-corrected chi connectivity index (χ2v) is 7.77. The molecule has 4 rings (SSSR count). The highest BCUT2D eigenvalue weighted by atomic mass is 35.5. The number of nitrogens with zero attached hydrogens (tertiary/aromatic N) is 1. The summed E-state index contributed by atoms with van der Waals surface area (Å²) < 4.78 is 0. The van der Waals surface area contributed by atoms with E-state index in [-0.39, 0.29) is 25.0 Å². The lowest BCUT2D eigenvalue weighted by molar-refractivity contribution is -0.120. The van der Waals surface area contributed by atoms with Gasteiger partial charge in [-0.2, -0.15) is 0 Å². The molecule has 1 aliphatic heterocycles. The molecule has 3 aromatic rings. The first-order valence-corrected chi connectivity index (χ1v) is 10.2. The molecule has 0 saturated carbocycles. The molecule has 2 heterocycles. The summed E-state index contributed by atoms with van der Waals surface area (Å²) in [5.74, 6) is -0.351. The molecule has 156 valence electrons. The zero-order valence-electron chi connectivity index (χ0n) is 16.3. The number of amides is 3. The number of halogens is 1. The number of aromatic amines is 1. The van der Waals surface area contributed by atoms with E-state index in [4.69, 9.17) is 11.6 Å². The Labute approximate surface area is 179 Å². The van der Waals surface area contributed by atoms with Crippen LogP contribution in [0.1, 0.15) is 22.9 Å². The van der Waals surface area contributed by atoms with Crippen molar-refractivity contribution in [3.05, 3.63) is 70.4 Å². The number of fused-ring (bicyclic) bond motifs is 3. The molecule has 0 bridgehead atoms. The van der Waals surface area contributed by atoms with Crippen LogP contribution in [0.5, 0.6) is 0 Å². The second-order valence-electron chi connectivity index (χ2n) is 7.33. The van der Waals surface area contributed by atoms with Crippen molar-refractivity contribution in [1.82, 2.24) is 20.5 Å². The van der Waals surface area contributed by atoms with E-state index in [1.807, 2.05) is 36.4 Å². The lowest BCUT2D eigenvalue weighted by Gasteiger charge is -2.27. The van der Waals surface area contributed by atoms with Gasteiger partial charge in [0.15, 0.2) is 0 Å². The van der Waals surface area contributed by atoms with Gasteiger partial charge in [-0.05, 0) is 35.7 Å². The smallest absolute Gasteiger partial charge is 0.318 e. The maximum Gasteiger partial charge on any atom is 0.318 e. The van der Waals surface area contributed by atoms with Crippen LogP contribution in [0.25, 0.3) is 10.9 Å². The van der Waals surface area contributed by atoms with Gasteiger partial charge in [-0.25, -0.2) is 4.79 Å². The topological polar surface area (TPSA) is 97.5 Å². The van der Waals surface area contributed by atoms with Crippen LogP contribution in [0.15, 0.2) is 48.5 Å². The predicted octanol–water partition coefficient (Wildman–Crippen LogP) is 2.74. The summed E-state index contributed by atoms with van der Waals surface area (Å²) in [6.07, 6.45) is -0.0691. The second kappa shape index (κ2) is 8.77. The number of nitrogens with one attached hydrogen (secondary N) is 3. The summed E-state index contributed by atoms with van der Waals surface area (Å²) in [5.41, 5.74) is 3.90. The van der Waals surface area contributed by atoms with Gasteiger partial charge in [-0.1, -0.05) is 41.9 Å². The fourth-order valence-corrected chi connectivity index (χ4v) is 3.89. The van der Waals surface area contributed by atoms with Crippen LogP contribution >= 0.6 is 11.6 Å². The number of rotatable bonds is 5. The molecule has 8 heteroatoms. The number of carbonyl (C=O) groups excluding carboxylic acids is 2. The zero-order valence-corrected chi connectivity index (χ0v) is 17.1. The van der Waals surface area contributed by atoms with E-state index >= 15 is 0 Å². The molecule has 0 spiro atoms. The largest absolute Gasteiger partial charge is 0.387 e. The van der Waals surface area contributed by atoms with Gasteiger partial charge in [-0.15, -0.1) is 0 Å². The fourth-order valence-electron chi connectivity index (χ4n) is 3.72. The van der Waals surface area contributed by atoms with Crippen molar-refractivity contribution >= 4 is 34.4 Å². The van der Waals surface area contributed by atoms with E-state index in [0.29, 0.717) is 18.1 Å². The highest BCUT2D eigenvalue weighted by Crippen LogP contribution is 2.29. The number of carbonyl (C=O) groups is 2. The third-order valence-corrected chi connectivity index (χ3v) is 5.54. The van der Waals surface area contributed by atoms with E-state index in [9.17, 15) is 14.7 Å². The van der Waals surface area contributed by atoms with Crippen LogP contribution in [0.4, 0.5) is 4.79 Å². The van der Waals surface area contributed by atoms with Gasteiger partial charge in [0.05, 0.1) is 19.2 Å². The molecule has 0 aliphatic carbocycles. The number of aliphatic hydroxyl groups excluding tert-OH is 1. The predicted molar refractivity (Wildman–Crippen MR) is 115 cm³/mol. The molecular formula is C22H23ClN4O3. The summed E-state index contributed by atoms with van der Waals surface area (Å²) in [4.78, 5) is 29.6. The lowest BCUT2D eigenvalue weighted by atomic mass is 10.0. The first kappa shape index (κ1) is 20.3. The van der Waals surface area contributed by atoms with Crippen molar-refractivity contribution in [1.29, 1.82) is 0 Å². The number of hydrogen-bond acceptors (Lipinski definition) is 3. The Morgan fingerprint density at radius 1 is 1.17 bits per heavy atom. The molecule has 7 nitrogen and oxygen atoms in total. The standard InChI is InChI=1S/C22H23ClN4O3/c23-15-6-7-18-17(10-15)16-8-9-27(13-19(16)26-18)22(30)25-12-21(29)24-11-20(28)14-4-2-1-3-5-14/h1-7,10,20,26,28H,8-9,11-13H2,(H,24,29)(H,25,30). The van der Waals surface area contributed by atoms with Crippen molar-refractivity contribution < 1.29 is 14.7 Å². The number of H-pyrrole nitrogens is 1. The van der Waals surface area contributed by atoms with Gasteiger partial charge in [-0.3, -0.25) is 4.79 Å². The van der Waals surface area contributed by atoms with Crippen LogP contribution in [-0.2, 0) is 17.8 Å². The minimum Gasteiger partial charge on any atom is -0.387 e. The van der Waals surface area contributed by atoms with Crippen molar-refractivity contribution in [2.75, 3.05) is 19.6 Å². The average Bonchev–Trinajstić information content (AvgIpc) is 3.13. The van der Waals surface area contributed by atoms with E-state index < -0.39 is 6.10 Å². The number of hydrogen-bond donors (Lipinski definition) is 4. The van der Waals surface area contributed by atoms with E-state index in [2.05, 4.69) is 15.6 Å². The molecule has 4 N–H and O–H groups in total. The molecular weight excluding hydrogens is 404 g/mol. The molecule has 30 heavy (non-hydrogen) atoms. The minimum atomic E-state index is -0.790. The SMILES string of the molecule is O=C(CNC(=O)N1CCc2c([nH]c3ccc(Cl)cc23)C1)NCC(O)c1ccccc1. The number of aliphatic hydroxyl groups is 1. The molecule has 0 saturated heterocycles. The van der Waals surface area contributed by atoms with Crippen molar-refractivity contribution in [2.45, 2.75) is 19.1 Å². The van der Waals surface area contributed by atoms with Crippen LogP contribution in [0.2, 0.25) is 5.02 Å². The molecule has 0 radical (unpaired) electrons. The maximum atomic E-state index is 12.5. The maximum absolute atomic E-state index is 12.5. The van der Waals surface area contributed by atoms with Crippen molar-refractivity contribution in [3.63, 3.8) is 0 Å². The molecule has 0 fully saturated rings. The highest BCUT2D eigenvalue weighted by Gasteiger charge is 2.24. The Kier molecular flexibility index (Phi) is 5.92. The van der Waals surface area contributed by atoms with Gasteiger partial charge < -0.3 is 25.6 Å². The third kappa shape index (κ3) is 4.42. The summed E-state index contributed by atoms with van der Waals surface area (Å²) in [6, 6.07) is 14.5. The minimum absolute atomic E-state index is 0.0867. The van der Waals surface area contributed by atoms with E-state index in [1.165, 1.54) is 5.56 Å². The Bertz CT molecular complexity index is 1070. The van der Waals surface area contributed by atoms with Crippen LogP contribution < -0.4 is 10.6 Å². The Morgan fingerprint density at radius 3 is 2.77 bits per heavy atom. The van der Waals surface area contributed by atoms with Gasteiger partial charge in [0, 0.05) is 34.7 Å². The molecule has 1 unspecified atom stereocenters. The van der Waals surface area contributed by atoms with Crippen LogP contribution in [0, 0.1) is 0 Å². The number of benzene rings is 2. The first-order chi connectivity index (χ1) is 14.5. The molecule has 3 amide bonds. The quantitative estimate of drug-likeness (QED) is 0.505. The van der Waals surface area contributed by atoms with Crippen molar-refractivity contribution in [3.8, 4) is 0 Å². The third-order valence-electron chi connectivity index (χ3n) is 5.30. The molecule has 1 aliphatic rings. The molecule has 1 atom stereocenters. The van der Waals surface area contributed by atoms with Gasteiger partial charge in [0.1, 0.15) is 0 Å². The van der Waals surface area contributed by atoms with Crippen LogP contribution in [-0.4, -0.2) is 46.6 Å². The van der Waals surface area contributed by atoms with E-state index in [1.54, 1.807) is 17.0 Å². The fraction of sp³-hybridized carbons (Fsp3) is 0.273. The summed E-state index contributed by atoms with van der Waals surface area (Å²) >= 11 is 6.11. The van der Waals surface area contributed by atoms with Gasteiger partial charge >= 0.3 is 6.03 Å². The van der Waals surface area contributed by atoms with E-state index in [0.717, 1.165) is 28.6 Å².